The van der Waals surface area contributed by atoms with E-state index < -0.39 is 0 Å². The molecular formula is C11H19NO2S. The average molecular weight is 229 g/mol. The number of ether oxygens (including phenoxy) is 1. The van der Waals surface area contributed by atoms with Gasteiger partial charge in [0.25, 0.3) is 0 Å². The second-order valence-corrected chi connectivity index (χ2v) is 4.49. The van der Waals surface area contributed by atoms with Crippen molar-refractivity contribution >= 4 is 11.8 Å². The van der Waals surface area contributed by atoms with Crippen LogP contribution in [-0.2, 0) is 11.3 Å². The monoisotopic (exact) mass is 229 g/mol. The van der Waals surface area contributed by atoms with Gasteiger partial charge in [-0.05, 0) is 18.2 Å². The standard InChI is InChI=1S/C11H19NO2S/c1-13-5-2-7-15-8-4-12-9-11-3-6-14-10-11/h3,6,10,12H,2,4-5,7-9H2,1H3. The molecule has 0 bridgehead atoms. The summed E-state index contributed by atoms with van der Waals surface area (Å²) in [5, 5.41) is 3.37. The third-order valence-electron chi connectivity index (χ3n) is 1.97. The molecular weight excluding hydrogens is 210 g/mol. The summed E-state index contributed by atoms with van der Waals surface area (Å²) in [4.78, 5) is 0. The maximum absolute atomic E-state index is 4.98. The Balaban J connectivity index is 1.81. The topological polar surface area (TPSA) is 34.4 Å². The molecule has 0 aliphatic rings. The molecule has 0 amide bonds. The molecule has 0 saturated heterocycles. The van der Waals surface area contributed by atoms with Crippen LogP contribution in [0.25, 0.3) is 0 Å². The Morgan fingerprint density at radius 3 is 3.13 bits per heavy atom. The number of methoxy groups -OCH3 is 1. The maximum Gasteiger partial charge on any atom is 0.0947 e. The van der Waals surface area contributed by atoms with Gasteiger partial charge in [-0.15, -0.1) is 0 Å². The fourth-order valence-electron chi connectivity index (χ4n) is 1.18. The predicted octanol–water partition coefficient (Wildman–Crippen LogP) is 2.14. The molecule has 0 spiro atoms. The highest BCUT2D eigenvalue weighted by Crippen LogP contribution is 2.02. The van der Waals surface area contributed by atoms with Crippen LogP contribution in [-0.4, -0.2) is 31.8 Å². The number of rotatable bonds is 9. The van der Waals surface area contributed by atoms with Crippen molar-refractivity contribution in [2.24, 2.45) is 0 Å². The predicted molar refractivity (Wildman–Crippen MR) is 64.2 cm³/mol. The van der Waals surface area contributed by atoms with Crippen molar-refractivity contribution in [3.05, 3.63) is 24.2 Å². The van der Waals surface area contributed by atoms with Crippen molar-refractivity contribution in [3.63, 3.8) is 0 Å². The fourth-order valence-corrected chi connectivity index (χ4v) is 1.99. The van der Waals surface area contributed by atoms with E-state index in [0.29, 0.717) is 0 Å². The Labute approximate surface area is 95.6 Å². The van der Waals surface area contributed by atoms with Gasteiger partial charge in [0, 0.05) is 38.1 Å². The van der Waals surface area contributed by atoms with Crippen molar-refractivity contribution in [3.8, 4) is 0 Å². The molecule has 0 aliphatic heterocycles. The summed E-state index contributed by atoms with van der Waals surface area (Å²) in [5.41, 5.74) is 1.21. The summed E-state index contributed by atoms with van der Waals surface area (Å²) < 4.78 is 9.96. The molecule has 1 N–H and O–H groups in total. The summed E-state index contributed by atoms with van der Waals surface area (Å²) in [5.74, 6) is 2.34. The lowest BCUT2D eigenvalue weighted by Gasteiger charge is -2.03. The number of nitrogens with one attached hydrogen (secondary N) is 1. The smallest absolute Gasteiger partial charge is 0.0947 e. The van der Waals surface area contributed by atoms with Crippen molar-refractivity contribution < 1.29 is 9.15 Å². The highest BCUT2D eigenvalue weighted by Gasteiger charge is 1.93. The normalized spacial score (nSPS) is 10.7. The molecule has 0 aliphatic carbocycles. The van der Waals surface area contributed by atoms with Gasteiger partial charge >= 0.3 is 0 Å². The number of hydrogen-bond acceptors (Lipinski definition) is 4. The van der Waals surface area contributed by atoms with Crippen LogP contribution in [0, 0.1) is 0 Å². The van der Waals surface area contributed by atoms with Crippen molar-refractivity contribution in [1.29, 1.82) is 0 Å². The molecule has 0 radical (unpaired) electrons. The minimum absolute atomic E-state index is 0.870. The van der Waals surface area contributed by atoms with Gasteiger partial charge in [-0.2, -0.15) is 11.8 Å². The van der Waals surface area contributed by atoms with Crippen LogP contribution in [0.4, 0.5) is 0 Å². The molecule has 0 atom stereocenters. The lowest BCUT2D eigenvalue weighted by Crippen LogP contribution is -2.16. The highest BCUT2D eigenvalue weighted by atomic mass is 32.2. The zero-order valence-corrected chi connectivity index (χ0v) is 10.0. The molecule has 0 saturated carbocycles. The quantitative estimate of drug-likeness (QED) is 0.658. The Bertz CT molecular complexity index is 227. The minimum Gasteiger partial charge on any atom is -0.472 e. The first-order valence-electron chi connectivity index (χ1n) is 5.22. The average Bonchev–Trinajstić information content (AvgIpc) is 2.75. The van der Waals surface area contributed by atoms with Crippen LogP contribution in [0.3, 0.4) is 0 Å². The third-order valence-corrected chi connectivity index (χ3v) is 3.04. The number of furan rings is 1. The second-order valence-electron chi connectivity index (χ2n) is 3.27. The summed E-state index contributed by atoms with van der Waals surface area (Å²) in [6.45, 7) is 2.81. The van der Waals surface area contributed by atoms with Crippen molar-refractivity contribution in [2.75, 3.05) is 31.8 Å². The Morgan fingerprint density at radius 1 is 1.47 bits per heavy atom. The van der Waals surface area contributed by atoms with E-state index in [1.54, 1.807) is 19.6 Å². The van der Waals surface area contributed by atoms with Gasteiger partial charge in [0.1, 0.15) is 0 Å². The van der Waals surface area contributed by atoms with E-state index in [4.69, 9.17) is 9.15 Å². The number of thioether (sulfide) groups is 1. The lowest BCUT2D eigenvalue weighted by atomic mass is 10.3. The number of hydrogen-bond donors (Lipinski definition) is 1. The van der Waals surface area contributed by atoms with Crippen molar-refractivity contribution in [2.45, 2.75) is 13.0 Å². The summed E-state index contributed by atoms with van der Waals surface area (Å²) in [6.07, 6.45) is 4.62. The van der Waals surface area contributed by atoms with Crippen LogP contribution < -0.4 is 5.32 Å². The molecule has 3 nitrogen and oxygen atoms in total. The summed E-state index contributed by atoms with van der Waals surface area (Å²) in [7, 11) is 1.75. The SMILES string of the molecule is COCCCSCCNCc1ccoc1. The minimum atomic E-state index is 0.870. The van der Waals surface area contributed by atoms with Crippen LogP contribution in [0.15, 0.2) is 23.0 Å². The first kappa shape index (κ1) is 12.6. The molecule has 0 aromatic carbocycles. The van der Waals surface area contributed by atoms with E-state index in [1.807, 2.05) is 17.8 Å². The van der Waals surface area contributed by atoms with Crippen LogP contribution in [0.5, 0.6) is 0 Å². The molecule has 1 aromatic rings. The Hall–Kier alpha value is -0.450. The third kappa shape index (κ3) is 6.60. The Kier molecular flexibility index (Phi) is 7.42. The first-order chi connectivity index (χ1) is 7.43. The van der Waals surface area contributed by atoms with Gasteiger partial charge in [-0.3, -0.25) is 0 Å². The lowest BCUT2D eigenvalue weighted by molar-refractivity contribution is 0.200. The summed E-state index contributed by atoms with van der Waals surface area (Å²) >= 11 is 1.96. The summed E-state index contributed by atoms with van der Waals surface area (Å²) in [6, 6.07) is 1.98. The molecule has 15 heavy (non-hydrogen) atoms. The molecule has 0 fully saturated rings. The highest BCUT2D eigenvalue weighted by molar-refractivity contribution is 7.99. The molecule has 4 heteroatoms. The van der Waals surface area contributed by atoms with E-state index in [9.17, 15) is 0 Å². The van der Waals surface area contributed by atoms with Crippen LogP contribution >= 0.6 is 11.8 Å². The largest absolute Gasteiger partial charge is 0.472 e. The molecule has 1 heterocycles. The van der Waals surface area contributed by atoms with E-state index in [-0.39, 0.29) is 0 Å². The van der Waals surface area contributed by atoms with E-state index in [1.165, 1.54) is 11.3 Å². The zero-order valence-electron chi connectivity index (χ0n) is 9.20. The van der Waals surface area contributed by atoms with E-state index >= 15 is 0 Å². The molecule has 1 aromatic heterocycles. The van der Waals surface area contributed by atoms with E-state index in [2.05, 4.69) is 5.32 Å². The van der Waals surface area contributed by atoms with Crippen LogP contribution in [0.2, 0.25) is 0 Å². The molecule has 1 rings (SSSR count). The van der Waals surface area contributed by atoms with Gasteiger partial charge in [-0.25, -0.2) is 0 Å². The van der Waals surface area contributed by atoms with Gasteiger partial charge in [0.2, 0.25) is 0 Å². The molecule has 0 unspecified atom stereocenters. The molecule has 86 valence electrons. The zero-order chi connectivity index (χ0) is 10.8. The second kappa shape index (κ2) is 8.83. The van der Waals surface area contributed by atoms with Gasteiger partial charge in [0.15, 0.2) is 0 Å². The fraction of sp³-hybridized carbons (Fsp3) is 0.636. The maximum atomic E-state index is 4.98. The van der Waals surface area contributed by atoms with Crippen LogP contribution in [0.1, 0.15) is 12.0 Å². The van der Waals surface area contributed by atoms with Gasteiger partial charge in [-0.1, -0.05) is 0 Å². The van der Waals surface area contributed by atoms with Gasteiger partial charge < -0.3 is 14.5 Å². The van der Waals surface area contributed by atoms with Crippen molar-refractivity contribution in [1.82, 2.24) is 5.32 Å². The van der Waals surface area contributed by atoms with E-state index in [0.717, 1.165) is 31.9 Å². The van der Waals surface area contributed by atoms with Gasteiger partial charge in [0.05, 0.1) is 12.5 Å². The first-order valence-corrected chi connectivity index (χ1v) is 6.37. The Morgan fingerprint density at radius 2 is 2.40 bits per heavy atom.